The molecule has 0 amide bonds. The Hall–Kier alpha value is -2.52. The molecule has 0 aliphatic carbocycles. The zero-order valence-corrected chi connectivity index (χ0v) is 14.8. The van der Waals surface area contributed by atoms with Crippen molar-refractivity contribution in [3.63, 3.8) is 0 Å². The van der Waals surface area contributed by atoms with Crippen LogP contribution in [-0.2, 0) is 25.8 Å². The standard InChI is InChI=1S/C19H22N6/c1-12-17(9-20)15-5-8-25(11-14(15)10-22-12)19-16-3-6-21-7-4-18(16)23-13(2)24-19/h10,21H,3-8,11H2,1-2H3. The van der Waals surface area contributed by atoms with Crippen LogP contribution in [0, 0.1) is 25.2 Å². The lowest BCUT2D eigenvalue weighted by atomic mass is 9.95. The second-order valence-corrected chi connectivity index (χ2v) is 6.78. The number of nitrogens with zero attached hydrogens (tertiary/aromatic N) is 5. The van der Waals surface area contributed by atoms with Gasteiger partial charge in [0.25, 0.3) is 0 Å². The maximum Gasteiger partial charge on any atom is 0.136 e. The number of pyridine rings is 1. The largest absolute Gasteiger partial charge is 0.352 e. The molecule has 2 aliphatic rings. The third kappa shape index (κ3) is 2.85. The fraction of sp³-hybridized carbons (Fsp3) is 0.474. The highest BCUT2D eigenvalue weighted by Crippen LogP contribution is 2.30. The molecule has 2 aliphatic heterocycles. The summed E-state index contributed by atoms with van der Waals surface area (Å²) in [4.78, 5) is 16.2. The molecule has 0 aromatic carbocycles. The van der Waals surface area contributed by atoms with E-state index in [0.717, 1.165) is 79.5 Å². The minimum absolute atomic E-state index is 0.749. The third-order valence-corrected chi connectivity index (χ3v) is 5.14. The van der Waals surface area contributed by atoms with Gasteiger partial charge in [0.15, 0.2) is 0 Å². The van der Waals surface area contributed by atoms with E-state index in [9.17, 15) is 5.26 Å². The molecule has 6 nitrogen and oxygen atoms in total. The van der Waals surface area contributed by atoms with Gasteiger partial charge in [0.2, 0.25) is 0 Å². The van der Waals surface area contributed by atoms with E-state index in [4.69, 9.17) is 4.98 Å². The van der Waals surface area contributed by atoms with E-state index in [2.05, 4.69) is 26.3 Å². The highest BCUT2D eigenvalue weighted by molar-refractivity contribution is 5.54. The van der Waals surface area contributed by atoms with E-state index in [1.54, 1.807) is 0 Å². The number of anilines is 1. The van der Waals surface area contributed by atoms with Crippen molar-refractivity contribution in [3.8, 4) is 6.07 Å². The Labute approximate surface area is 147 Å². The number of hydrogen-bond donors (Lipinski definition) is 1. The van der Waals surface area contributed by atoms with Gasteiger partial charge in [-0.3, -0.25) is 4.98 Å². The molecule has 0 fully saturated rings. The molecule has 0 spiro atoms. The van der Waals surface area contributed by atoms with Gasteiger partial charge in [-0.2, -0.15) is 5.26 Å². The van der Waals surface area contributed by atoms with Gasteiger partial charge >= 0.3 is 0 Å². The monoisotopic (exact) mass is 334 g/mol. The summed E-state index contributed by atoms with van der Waals surface area (Å²) < 4.78 is 0. The van der Waals surface area contributed by atoms with Gasteiger partial charge < -0.3 is 10.2 Å². The molecule has 128 valence electrons. The van der Waals surface area contributed by atoms with Crippen molar-refractivity contribution in [2.24, 2.45) is 0 Å². The molecule has 6 heteroatoms. The van der Waals surface area contributed by atoms with Crippen LogP contribution in [0.4, 0.5) is 5.82 Å². The fourth-order valence-corrected chi connectivity index (χ4v) is 3.89. The van der Waals surface area contributed by atoms with Gasteiger partial charge in [0.1, 0.15) is 17.7 Å². The van der Waals surface area contributed by atoms with Crippen LogP contribution in [0.3, 0.4) is 0 Å². The Morgan fingerprint density at radius 1 is 1.12 bits per heavy atom. The molecule has 0 bridgehead atoms. The summed E-state index contributed by atoms with van der Waals surface area (Å²) in [6.07, 6.45) is 4.70. The van der Waals surface area contributed by atoms with Crippen LogP contribution in [-0.4, -0.2) is 34.6 Å². The first-order valence-corrected chi connectivity index (χ1v) is 8.87. The second kappa shape index (κ2) is 6.41. The number of hydrogen-bond acceptors (Lipinski definition) is 6. The predicted octanol–water partition coefficient (Wildman–Crippen LogP) is 1.61. The first kappa shape index (κ1) is 16.0. The summed E-state index contributed by atoms with van der Waals surface area (Å²) >= 11 is 0. The molecule has 0 atom stereocenters. The van der Waals surface area contributed by atoms with Crippen molar-refractivity contribution >= 4 is 5.82 Å². The Kier molecular flexibility index (Phi) is 4.10. The first-order valence-electron chi connectivity index (χ1n) is 8.87. The van der Waals surface area contributed by atoms with E-state index in [-0.39, 0.29) is 0 Å². The molecule has 2 aromatic rings. The number of aryl methyl sites for hydroxylation is 2. The average molecular weight is 334 g/mol. The summed E-state index contributed by atoms with van der Waals surface area (Å²) in [6, 6.07) is 2.33. The predicted molar refractivity (Wildman–Crippen MR) is 95.5 cm³/mol. The number of aromatic nitrogens is 3. The van der Waals surface area contributed by atoms with Crippen LogP contribution in [0.25, 0.3) is 0 Å². The zero-order valence-electron chi connectivity index (χ0n) is 14.8. The summed E-state index contributed by atoms with van der Waals surface area (Å²) in [5.41, 5.74) is 6.33. The van der Waals surface area contributed by atoms with Crippen LogP contribution in [0.5, 0.6) is 0 Å². The highest BCUT2D eigenvalue weighted by atomic mass is 15.2. The molecule has 1 N–H and O–H groups in total. The molecule has 0 radical (unpaired) electrons. The van der Waals surface area contributed by atoms with Gasteiger partial charge in [-0.1, -0.05) is 0 Å². The molecule has 0 saturated heterocycles. The lowest BCUT2D eigenvalue weighted by Gasteiger charge is -2.32. The fourth-order valence-electron chi connectivity index (χ4n) is 3.89. The maximum atomic E-state index is 9.45. The normalized spacial score (nSPS) is 16.6. The van der Waals surface area contributed by atoms with Crippen LogP contribution < -0.4 is 10.2 Å². The molecule has 0 unspecified atom stereocenters. The van der Waals surface area contributed by atoms with E-state index >= 15 is 0 Å². The van der Waals surface area contributed by atoms with Gasteiger partial charge in [0, 0.05) is 37.8 Å². The number of nitriles is 1. The van der Waals surface area contributed by atoms with Crippen molar-refractivity contribution in [3.05, 3.63) is 45.7 Å². The van der Waals surface area contributed by atoms with E-state index < -0.39 is 0 Å². The zero-order chi connectivity index (χ0) is 17.4. The van der Waals surface area contributed by atoms with Crippen LogP contribution in [0.1, 0.15) is 39.5 Å². The Morgan fingerprint density at radius 2 is 1.96 bits per heavy atom. The first-order chi connectivity index (χ1) is 12.2. The maximum absolute atomic E-state index is 9.45. The summed E-state index contributed by atoms with van der Waals surface area (Å²) in [5.74, 6) is 1.90. The van der Waals surface area contributed by atoms with E-state index in [0.29, 0.717) is 0 Å². The molecular formula is C19H22N6. The van der Waals surface area contributed by atoms with E-state index in [1.165, 1.54) is 11.3 Å². The van der Waals surface area contributed by atoms with Crippen molar-refractivity contribution in [2.45, 2.75) is 39.7 Å². The number of nitrogens with one attached hydrogen (secondary N) is 1. The van der Waals surface area contributed by atoms with Gasteiger partial charge in [0.05, 0.1) is 17.0 Å². The molecule has 0 saturated carbocycles. The number of rotatable bonds is 1. The van der Waals surface area contributed by atoms with Gasteiger partial charge in [-0.25, -0.2) is 9.97 Å². The molecule has 2 aromatic heterocycles. The quantitative estimate of drug-likeness (QED) is 0.854. The van der Waals surface area contributed by atoms with Crippen molar-refractivity contribution in [2.75, 3.05) is 24.5 Å². The van der Waals surface area contributed by atoms with Crippen molar-refractivity contribution in [1.82, 2.24) is 20.3 Å². The van der Waals surface area contributed by atoms with Gasteiger partial charge in [-0.15, -0.1) is 0 Å². The minimum Gasteiger partial charge on any atom is -0.352 e. The van der Waals surface area contributed by atoms with Crippen molar-refractivity contribution < 1.29 is 0 Å². The molecular weight excluding hydrogens is 312 g/mol. The summed E-state index contributed by atoms with van der Waals surface area (Å²) in [6.45, 7) is 7.45. The minimum atomic E-state index is 0.749. The highest BCUT2D eigenvalue weighted by Gasteiger charge is 2.25. The van der Waals surface area contributed by atoms with Crippen molar-refractivity contribution in [1.29, 1.82) is 5.26 Å². The van der Waals surface area contributed by atoms with Crippen LogP contribution in [0.15, 0.2) is 6.20 Å². The lowest BCUT2D eigenvalue weighted by molar-refractivity contribution is 0.696. The van der Waals surface area contributed by atoms with Crippen LogP contribution in [0.2, 0.25) is 0 Å². The Morgan fingerprint density at radius 3 is 2.80 bits per heavy atom. The summed E-state index contributed by atoms with van der Waals surface area (Å²) in [5, 5.41) is 12.9. The Balaban J connectivity index is 1.73. The van der Waals surface area contributed by atoms with E-state index in [1.807, 2.05) is 20.0 Å². The molecule has 4 rings (SSSR count). The summed E-state index contributed by atoms with van der Waals surface area (Å²) in [7, 11) is 0. The average Bonchev–Trinajstić information content (AvgIpc) is 2.86. The smallest absolute Gasteiger partial charge is 0.136 e. The SMILES string of the molecule is Cc1nc2c(c(N3CCc4c(cnc(C)c4C#N)C3)n1)CCNCC2. The number of fused-ring (bicyclic) bond motifs is 2. The topological polar surface area (TPSA) is 77.7 Å². The molecule has 4 heterocycles. The third-order valence-electron chi connectivity index (χ3n) is 5.14. The second-order valence-electron chi connectivity index (χ2n) is 6.78. The Bertz CT molecular complexity index is 867. The van der Waals surface area contributed by atoms with Gasteiger partial charge in [-0.05, 0) is 44.4 Å². The lowest BCUT2D eigenvalue weighted by Crippen LogP contribution is -2.33. The molecule has 25 heavy (non-hydrogen) atoms. The van der Waals surface area contributed by atoms with Crippen LogP contribution >= 0.6 is 0 Å².